The summed E-state index contributed by atoms with van der Waals surface area (Å²) in [6.45, 7) is 8.34. The third kappa shape index (κ3) is 5.11. The first-order valence-corrected chi connectivity index (χ1v) is 7.82. The van der Waals surface area contributed by atoms with Gasteiger partial charge in [-0.2, -0.15) is 0 Å². The molecule has 4 heteroatoms. The Hall–Kier alpha value is -1.94. The Morgan fingerprint density at radius 2 is 1.73 bits per heavy atom. The fourth-order valence-corrected chi connectivity index (χ4v) is 2.35. The quantitative estimate of drug-likeness (QED) is 0.851. The van der Waals surface area contributed by atoms with Crippen LogP contribution in [0.1, 0.15) is 25.0 Å². The van der Waals surface area contributed by atoms with Crippen LogP contribution in [0.2, 0.25) is 0 Å². The second kappa shape index (κ2) is 7.90. The second-order valence-electron chi connectivity index (χ2n) is 6.26. The normalized spacial score (nSPS) is 12.6. The lowest BCUT2D eigenvalue weighted by Gasteiger charge is -2.27. The summed E-state index contributed by atoms with van der Waals surface area (Å²) in [6, 6.07) is 10.9. The summed E-state index contributed by atoms with van der Waals surface area (Å²) in [4.78, 5) is 11.0. The van der Waals surface area contributed by atoms with E-state index in [1.54, 1.807) is 0 Å². The van der Waals surface area contributed by atoms with E-state index in [1.807, 2.05) is 19.3 Å². The van der Waals surface area contributed by atoms with Crippen molar-refractivity contribution in [2.45, 2.75) is 33.4 Å². The summed E-state index contributed by atoms with van der Waals surface area (Å²) in [6.07, 6.45) is 3.70. The summed E-state index contributed by atoms with van der Waals surface area (Å²) in [7, 11) is 2.15. The molecule has 1 N–H and O–H groups in total. The maximum Gasteiger partial charge on any atom is 0.222 e. The van der Waals surface area contributed by atoms with Crippen LogP contribution in [0.15, 0.2) is 42.7 Å². The number of hydrogen-bond donors (Lipinski definition) is 1. The van der Waals surface area contributed by atoms with E-state index in [1.165, 1.54) is 5.56 Å². The van der Waals surface area contributed by atoms with Crippen molar-refractivity contribution >= 4 is 5.95 Å². The summed E-state index contributed by atoms with van der Waals surface area (Å²) >= 11 is 0. The van der Waals surface area contributed by atoms with Gasteiger partial charge in [-0.1, -0.05) is 44.2 Å². The van der Waals surface area contributed by atoms with Gasteiger partial charge in [0.2, 0.25) is 5.95 Å². The Labute approximate surface area is 133 Å². The minimum absolute atomic E-state index is 0.316. The molecule has 4 nitrogen and oxygen atoms in total. The molecule has 2 aromatic rings. The van der Waals surface area contributed by atoms with E-state index in [0.29, 0.717) is 17.9 Å². The number of aryl methyl sites for hydroxylation is 1. The van der Waals surface area contributed by atoms with E-state index in [9.17, 15) is 0 Å². The third-order valence-electron chi connectivity index (χ3n) is 3.70. The molecule has 22 heavy (non-hydrogen) atoms. The van der Waals surface area contributed by atoms with Crippen LogP contribution >= 0.6 is 0 Å². The molecule has 0 aliphatic carbocycles. The highest BCUT2D eigenvalue weighted by Gasteiger charge is 2.16. The van der Waals surface area contributed by atoms with Crippen LogP contribution in [-0.2, 0) is 6.54 Å². The molecule has 1 unspecified atom stereocenters. The van der Waals surface area contributed by atoms with Gasteiger partial charge in [0.15, 0.2) is 0 Å². The van der Waals surface area contributed by atoms with Crippen LogP contribution in [0.5, 0.6) is 0 Å². The Kier molecular flexibility index (Phi) is 5.90. The van der Waals surface area contributed by atoms with Crippen molar-refractivity contribution < 1.29 is 0 Å². The van der Waals surface area contributed by atoms with E-state index in [0.717, 1.165) is 18.7 Å². The van der Waals surface area contributed by atoms with Gasteiger partial charge in [-0.25, -0.2) is 9.97 Å². The monoisotopic (exact) mass is 298 g/mol. The predicted octanol–water partition coefficient (Wildman–Crippen LogP) is 3.35. The zero-order chi connectivity index (χ0) is 15.9. The van der Waals surface area contributed by atoms with Crippen LogP contribution in [0.3, 0.4) is 0 Å². The molecule has 0 spiro atoms. The maximum atomic E-state index is 4.35. The lowest BCUT2D eigenvalue weighted by atomic mass is 10.0. The average molecular weight is 298 g/mol. The number of likely N-dealkylation sites (N-methyl/N-ethyl adjacent to an activating group) is 1. The number of nitrogens with one attached hydrogen (secondary N) is 1. The number of benzene rings is 1. The van der Waals surface area contributed by atoms with Gasteiger partial charge in [0, 0.05) is 31.5 Å². The van der Waals surface area contributed by atoms with E-state index < -0.39 is 0 Å². The fourth-order valence-electron chi connectivity index (χ4n) is 2.35. The van der Waals surface area contributed by atoms with Gasteiger partial charge in [0.1, 0.15) is 0 Å². The first-order valence-electron chi connectivity index (χ1n) is 7.82. The van der Waals surface area contributed by atoms with Crippen LogP contribution in [0, 0.1) is 12.8 Å². The third-order valence-corrected chi connectivity index (χ3v) is 3.70. The van der Waals surface area contributed by atoms with Crippen molar-refractivity contribution in [2.24, 2.45) is 5.92 Å². The van der Waals surface area contributed by atoms with Gasteiger partial charge in [0.05, 0.1) is 0 Å². The van der Waals surface area contributed by atoms with E-state index >= 15 is 0 Å². The maximum absolute atomic E-state index is 4.35. The number of nitrogens with zero attached hydrogens (tertiary/aromatic N) is 3. The second-order valence-corrected chi connectivity index (χ2v) is 6.26. The first-order chi connectivity index (χ1) is 10.5. The lowest BCUT2D eigenvalue weighted by molar-refractivity contribution is 0.286. The van der Waals surface area contributed by atoms with Gasteiger partial charge in [-0.05, 0) is 31.0 Å². The molecule has 0 aliphatic heterocycles. The van der Waals surface area contributed by atoms with Crippen molar-refractivity contribution in [1.82, 2.24) is 14.9 Å². The minimum Gasteiger partial charge on any atom is -0.350 e. The minimum atomic E-state index is 0.316. The smallest absolute Gasteiger partial charge is 0.222 e. The summed E-state index contributed by atoms with van der Waals surface area (Å²) < 4.78 is 0. The number of rotatable bonds is 7. The molecule has 0 saturated carbocycles. The molecule has 0 saturated heterocycles. The lowest BCUT2D eigenvalue weighted by Crippen LogP contribution is -2.38. The fraction of sp³-hybridized carbons (Fsp3) is 0.444. The zero-order valence-corrected chi connectivity index (χ0v) is 14.0. The molecule has 118 valence electrons. The van der Waals surface area contributed by atoms with Crippen molar-refractivity contribution in [2.75, 3.05) is 18.9 Å². The molecular weight excluding hydrogens is 272 g/mol. The van der Waals surface area contributed by atoms with Crippen molar-refractivity contribution in [3.8, 4) is 0 Å². The van der Waals surface area contributed by atoms with Gasteiger partial charge in [0.25, 0.3) is 0 Å². The van der Waals surface area contributed by atoms with E-state index in [-0.39, 0.29) is 0 Å². The molecule has 2 rings (SSSR count). The van der Waals surface area contributed by atoms with Crippen LogP contribution < -0.4 is 5.32 Å². The molecule has 1 atom stereocenters. The topological polar surface area (TPSA) is 41.1 Å². The Bertz CT molecular complexity index is 551. The molecule has 0 aliphatic rings. The van der Waals surface area contributed by atoms with Gasteiger partial charge in [-0.3, -0.25) is 0 Å². The highest BCUT2D eigenvalue weighted by molar-refractivity contribution is 5.26. The van der Waals surface area contributed by atoms with Gasteiger partial charge >= 0.3 is 0 Å². The first kappa shape index (κ1) is 16.4. The van der Waals surface area contributed by atoms with Gasteiger partial charge < -0.3 is 10.2 Å². The van der Waals surface area contributed by atoms with E-state index in [2.05, 4.69) is 71.4 Å². The number of anilines is 1. The summed E-state index contributed by atoms with van der Waals surface area (Å²) in [5.74, 6) is 1.21. The molecule has 0 bridgehead atoms. The average Bonchev–Trinajstić information content (AvgIpc) is 2.49. The Balaban J connectivity index is 1.94. The van der Waals surface area contributed by atoms with Gasteiger partial charge in [-0.15, -0.1) is 0 Å². The highest BCUT2D eigenvalue weighted by Crippen LogP contribution is 2.11. The molecule has 1 aromatic heterocycles. The summed E-state index contributed by atoms with van der Waals surface area (Å²) in [5, 5.41) is 3.46. The highest BCUT2D eigenvalue weighted by atomic mass is 15.2. The molecular formula is C18H26N4. The molecule has 0 amide bonds. The standard InChI is InChI=1S/C18H26N4/c1-14(2)17(21-18-19-10-15(3)11-20-18)13-22(4)12-16-8-6-5-7-9-16/h5-11,14,17H,12-13H2,1-4H3,(H,19,20,21). The molecule has 1 aromatic carbocycles. The number of hydrogen-bond acceptors (Lipinski definition) is 4. The van der Waals surface area contributed by atoms with Crippen LogP contribution in [0.25, 0.3) is 0 Å². The summed E-state index contributed by atoms with van der Waals surface area (Å²) in [5.41, 5.74) is 2.41. The Morgan fingerprint density at radius 1 is 1.09 bits per heavy atom. The largest absolute Gasteiger partial charge is 0.350 e. The molecule has 0 radical (unpaired) electrons. The van der Waals surface area contributed by atoms with Crippen molar-refractivity contribution in [3.05, 3.63) is 53.9 Å². The van der Waals surface area contributed by atoms with E-state index in [4.69, 9.17) is 0 Å². The predicted molar refractivity (Wildman–Crippen MR) is 91.8 cm³/mol. The SMILES string of the molecule is Cc1cnc(NC(CN(C)Cc2ccccc2)C(C)C)nc1. The van der Waals surface area contributed by atoms with Crippen LogP contribution in [-0.4, -0.2) is 34.5 Å². The van der Waals surface area contributed by atoms with Crippen molar-refractivity contribution in [1.29, 1.82) is 0 Å². The number of aromatic nitrogens is 2. The molecule has 0 fully saturated rings. The Morgan fingerprint density at radius 3 is 2.32 bits per heavy atom. The molecule has 1 heterocycles. The van der Waals surface area contributed by atoms with Crippen molar-refractivity contribution in [3.63, 3.8) is 0 Å². The zero-order valence-electron chi connectivity index (χ0n) is 14.0. The van der Waals surface area contributed by atoms with Crippen LogP contribution in [0.4, 0.5) is 5.95 Å².